The van der Waals surface area contributed by atoms with E-state index in [1.165, 1.54) is 61.6 Å². The van der Waals surface area contributed by atoms with Crippen LogP contribution in [-0.4, -0.2) is 6.71 Å². The molecule has 42 heavy (non-hydrogen) atoms. The lowest BCUT2D eigenvalue weighted by molar-refractivity contribution is 0.641. The average Bonchev–Trinajstić information content (AvgIpc) is 3.05. The van der Waals surface area contributed by atoms with Gasteiger partial charge < -0.3 is 9.80 Å². The molecule has 3 heteroatoms. The first-order chi connectivity index (χ1) is 20.6. The van der Waals surface area contributed by atoms with E-state index in [9.17, 15) is 0 Å². The Labute approximate surface area is 248 Å². The van der Waals surface area contributed by atoms with Gasteiger partial charge >= 0.3 is 0 Å². The van der Waals surface area contributed by atoms with Crippen molar-refractivity contribution in [2.75, 3.05) is 9.80 Å². The van der Waals surface area contributed by atoms with E-state index in [0.717, 1.165) is 0 Å². The highest BCUT2D eigenvalue weighted by Crippen LogP contribution is 2.44. The maximum atomic E-state index is 2.48. The van der Waals surface area contributed by atoms with E-state index in [2.05, 4.69) is 175 Å². The number of para-hydroxylation sites is 3. The zero-order chi connectivity index (χ0) is 28.3. The zero-order valence-corrected chi connectivity index (χ0v) is 23.9. The van der Waals surface area contributed by atoms with Gasteiger partial charge in [0.1, 0.15) is 0 Å². The number of nitrogens with zero attached hydrogens (tertiary/aromatic N) is 2. The molecule has 0 aliphatic carbocycles. The van der Waals surface area contributed by atoms with Gasteiger partial charge in [-0.05, 0) is 76.0 Å². The van der Waals surface area contributed by atoms with Gasteiger partial charge in [-0.15, -0.1) is 0 Å². The summed E-state index contributed by atoms with van der Waals surface area (Å²) in [6.45, 7) is 4.80. The molecule has 0 amide bonds. The van der Waals surface area contributed by atoms with E-state index in [1.54, 1.807) is 0 Å². The lowest BCUT2D eigenvalue weighted by Gasteiger charge is -2.44. The second-order valence-corrected chi connectivity index (χ2v) is 11.8. The van der Waals surface area contributed by atoms with Crippen molar-refractivity contribution < 1.29 is 0 Å². The fourth-order valence-electron chi connectivity index (χ4n) is 7.01. The first-order valence-electron chi connectivity index (χ1n) is 14.7. The lowest BCUT2D eigenvalue weighted by Crippen LogP contribution is -2.61. The van der Waals surface area contributed by atoms with Crippen molar-refractivity contribution in [3.05, 3.63) is 163 Å². The van der Waals surface area contributed by atoms with Gasteiger partial charge in [0.2, 0.25) is 0 Å². The summed E-state index contributed by atoms with van der Waals surface area (Å²) in [5.41, 5.74) is 13.8. The van der Waals surface area contributed by atoms with Crippen LogP contribution in [0.5, 0.6) is 0 Å². The Hall–Kier alpha value is -5.02. The summed E-state index contributed by atoms with van der Waals surface area (Å²) in [5.74, 6) is 0. The fourth-order valence-corrected chi connectivity index (χ4v) is 7.01. The van der Waals surface area contributed by atoms with Crippen molar-refractivity contribution in [3.63, 3.8) is 0 Å². The van der Waals surface area contributed by atoms with Crippen molar-refractivity contribution in [1.29, 1.82) is 0 Å². The summed E-state index contributed by atoms with van der Waals surface area (Å²) in [6.07, 6.45) is 0. The highest BCUT2D eigenvalue weighted by atomic mass is 15.2. The number of anilines is 6. The lowest BCUT2D eigenvalue weighted by atomic mass is 9.33. The van der Waals surface area contributed by atoms with Gasteiger partial charge in [0.05, 0.1) is 0 Å². The smallest absolute Gasteiger partial charge is 0.252 e. The molecule has 200 valence electrons. The van der Waals surface area contributed by atoms with Crippen LogP contribution >= 0.6 is 0 Å². The van der Waals surface area contributed by atoms with Crippen LogP contribution in [0.3, 0.4) is 0 Å². The molecule has 0 atom stereocenters. The quantitative estimate of drug-likeness (QED) is 0.209. The largest absolute Gasteiger partial charge is 0.311 e. The molecule has 0 spiro atoms. The van der Waals surface area contributed by atoms with Crippen LogP contribution < -0.4 is 26.2 Å². The molecule has 0 fully saturated rings. The third-order valence-electron chi connectivity index (χ3n) is 9.14. The van der Waals surface area contributed by atoms with Crippen LogP contribution in [0.15, 0.2) is 152 Å². The minimum atomic E-state index is -0.141. The Balaban J connectivity index is 1.43. The average molecular weight is 539 g/mol. The Morgan fingerprint density at radius 1 is 0.429 bits per heavy atom. The molecule has 0 unspecified atom stereocenters. The normalized spacial score (nSPS) is 13.3. The summed E-state index contributed by atoms with van der Waals surface area (Å²) in [6, 6.07) is 55.4. The molecule has 6 aromatic carbocycles. The molecule has 0 N–H and O–H groups in total. The fraction of sp³-hybridized carbons (Fsp3) is 0.0769. The molecule has 2 aliphatic rings. The predicted octanol–water partition coefficient (Wildman–Crippen LogP) is 8.10. The Kier molecular flexibility index (Phi) is 5.62. The molecular weight excluding hydrogens is 507 g/mol. The third kappa shape index (κ3) is 3.67. The Bertz CT molecular complexity index is 1900. The first-order valence-corrected chi connectivity index (χ1v) is 14.7. The number of rotatable bonds is 4. The molecule has 2 heterocycles. The summed E-state index contributed by atoms with van der Waals surface area (Å²) < 4.78 is 0. The number of hydrogen-bond donors (Lipinski definition) is 0. The molecule has 0 radical (unpaired) electrons. The number of fused-ring (bicyclic) bond motifs is 4. The van der Waals surface area contributed by atoms with E-state index in [0.29, 0.717) is 0 Å². The highest BCUT2D eigenvalue weighted by Gasteiger charge is 2.43. The molecule has 2 aliphatic heterocycles. The Morgan fingerprint density at radius 2 is 0.929 bits per heavy atom. The van der Waals surface area contributed by atoms with Crippen molar-refractivity contribution in [2.24, 2.45) is 0 Å². The van der Waals surface area contributed by atoms with E-state index in [4.69, 9.17) is 0 Å². The summed E-state index contributed by atoms with van der Waals surface area (Å²) in [4.78, 5) is 4.90. The topological polar surface area (TPSA) is 6.48 Å². The number of hydrogen-bond acceptors (Lipinski definition) is 2. The first kappa shape index (κ1) is 24.8. The van der Waals surface area contributed by atoms with Gasteiger partial charge in [0.25, 0.3) is 6.71 Å². The predicted molar refractivity (Wildman–Crippen MR) is 179 cm³/mol. The molecule has 0 bridgehead atoms. The van der Waals surface area contributed by atoms with Crippen molar-refractivity contribution >= 4 is 57.2 Å². The molecule has 2 nitrogen and oxygen atoms in total. The minimum Gasteiger partial charge on any atom is -0.311 e. The van der Waals surface area contributed by atoms with E-state index < -0.39 is 0 Å². The van der Waals surface area contributed by atoms with Gasteiger partial charge in [-0.3, -0.25) is 0 Å². The van der Waals surface area contributed by atoms with Crippen LogP contribution in [0.2, 0.25) is 0 Å². The van der Waals surface area contributed by atoms with E-state index in [1.807, 2.05) is 0 Å². The molecule has 6 aromatic rings. The highest BCUT2D eigenvalue weighted by molar-refractivity contribution is 7.00. The van der Waals surface area contributed by atoms with Gasteiger partial charge in [0, 0.05) is 39.5 Å². The van der Waals surface area contributed by atoms with E-state index in [-0.39, 0.29) is 12.1 Å². The summed E-state index contributed by atoms with van der Waals surface area (Å²) in [5, 5.41) is 0. The number of benzene rings is 6. The van der Waals surface area contributed by atoms with Crippen LogP contribution in [-0.2, 0) is 5.41 Å². The maximum Gasteiger partial charge on any atom is 0.252 e. The van der Waals surface area contributed by atoms with Crippen LogP contribution in [0.4, 0.5) is 34.1 Å². The van der Waals surface area contributed by atoms with Crippen molar-refractivity contribution in [1.82, 2.24) is 0 Å². The van der Waals surface area contributed by atoms with Crippen molar-refractivity contribution in [2.45, 2.75) is 19.3 Å². The molecular formula is C39H31BN2. The van der Waals surface area contributed by atoms with Gasteiger partial charge in [0.15, 0.2) is 0 Å². The van der Waals surface area contributed by atoms with Gasteiger partial charge in [-0.1, -0.05) is 117 Å². The SMILES string of the molecule is CC(C)(c1ccccc1)c1ccc2c(c1)B1c3ccccc3N(c3ccccc3)c3cccc(c31)N2c1ccccc1. The van der Waals surface area contributed by atoms with Crippen LogP contribution in [0.1, 0.15) is 25.0 Å². The molecule has 0 aromatic heterocycles. The third-order valence-corrected chi connectivity index (χ3v) is 9.14. The van der Waals surface area contributed by atoms with Crippen LogP contribution in [0, 0.1) is 0 Å². The maximum absolute atomic E-state index is 2.48. The summed E-state index contributed by atoms with van der Waals surface area (Å²) in [7, 11) is 0. The van der Waals surface area contributed by atoms with Crippen molar-refractivity contribution in [3.8, 4) is 0 Å². The molecule has 8 rings (SSSR count). The van der Waals surface area contributed by atoms with Gasteiger partial charge in [-0.25, -0.2) is 0 Å². The standard InChI is InChI=1S/C39H31BN2/c1-39(2,28-15-6-3-7-16-28)29-25-26-35-33(27-29)40-32-21-12-13-22-34(32)41(30-17-8-4-9-18-30)36-23-14-24-37(38(36)40)42(35)31-19-10-5-11-20-31/h3-27H,1-2H3. The molecule has 0 saturated carbocycles. The van der Waals surface area contributed by atoms with E-state index >= 15 is 0 Å². The van der Waals surface area contributed by atoms with Crippen LogP contribution in [0.25, 0.3) is 0 Å². The van der Waals surface area contributed by atoms with Gasteiger partial charge in [-0.2, -0.15) is 0 Å². The second-order valence-electron chi connectivity index (χ2n) is 11.8. The monoisotopic (exact) mass is 538 g/mol. The molecule has 0 saturated heterocycles. The zero-order valence-electron chi connectivity index (χ0n) is 23.9. The minimum absolute atomic E-state index is 0.119. The summed E-state index contributed by atoms with van der Waals surface area (Å²) >= 11 is 0. The second kappa shape index (κ2) is 9.53. The Morgan fingerprint density at radius 3 is 1.55 bits per heavy atom.